The average molecular weight is 382 g/mol. The Morgan fingerprint density at radius 3 is 2.86 bits per heavy atom. The highest BCUT2D eigenvalue weighted by molar-refractivity contribution is 5.45. The van der Waals surface area contributed by atoms with Crippen molar-refractivity contribution in [3.63, 3.8) is 0 Å². The summed E-state index contributed by atoms with van der Waals surface area (Å²) in [5.41, 5.74) is 3.05. The SMILES string of the molecule is CCN1CCC[C@@H](CN(C)Cc2ccc(OC)c(C#N)c2)[C@@H]1c1cnn(C)c1. The van der Waals surface area contributed by atoms with Crippen molar-refractivity contribution < 1.29 is 4.74 Å². The Balaban J connectivity index is 1.72. The lowest BCUT2D eigenvalue weighted by atomic mass is 9.85. The molecule has 0 aliphatic carbocycles. The summed E-state index contributed by atoms with van der Waals surface area (Å²) < 4.78 is 7.16. The molecule has 1 aromatic heterocycles. The van der Waals surface area contributed by atoms with Crippen molar-refractivity contribution >= 4 is 0 Å². The Morgan fingerprint density at radius 2 is 2.21 bits per heavy atom. The molecule has 0 amide bonds. The molecule has 1 saturated heterocycles. The zero-order valence-electron chi connectivity index (χ0n) is 17.4. The summed E-state index contributed by atoms with van der Waals surface area (Å²) in [7, 11) is 5.75. The summed E-state index contributed by atoms with van der Waals surface area (Å²) in [5.74, 6) is 1.20. The van der Waals surface area contributed by atoms with Crippen LogP contribution in [0.1, 0.15) is 42.5 Å². The first-order valence-electron chi connectivity index (χ1n) is 10.0. The molecule has 0 unspecified atom stereocenters. The molecule has 2 aromatic rings. The Bertz CT molecular complexity index is 825. The number of aryl methyl sites for hydroxylation is 1. The second-order valence-electron chi connectivity index (χ2n) is 7.77. The van der Waals surface area contributed by atoms with Gasteiger partial charge in [0.1, 0.15) is 11.8 Å². The van der Waals surface area contributed by atoms with E-state index in [1.54, 1.807) is 7.11 Å². The van der Waals surface area contributed by atoms with Crippen LogP contribution in [0.4, 0.5) is 0 Å². The van der Waals surface area contributed by atoms with Gasteiger partial charge in [-0.05, 0) is 56.6 Å². The number of rotatable bonds is 7. The molecule has 0 saturated carbocycles. The van der Waals surface area contributed by atoms with E-state index < -0.39 is 0 Å². The summed E-state index contributed by atoms with van der Waals surface area (Å²) in [6, 6.07) is 8.52. The Hall–Kier alpha value is -2.36. The van der Waals surface area contributed by atoms with Crippen LogP contribution in [0.25, 0.3) is 0 Å². The fourth-order valence-electron chi connectivity index (χ4n) is 4.49. The van der Waals surface area contributed by atoms with Crippen LogP contribution in [-0.4, -0.2) is 53.4 Å². The molecule has 1 aromatic carbocycles. The number of nitrogens with zero attached hydrogens (tertiary/aromatic N) is 5. The van der Waals surface area contributed by atoms with Gasteiger partial charge in [0.2, 0.25) is 0 Å². The van der Waals surface area contributed by atoms with Gasteiger partial charge in [0.15, 0.2) is 0 Å². The predicted octanol–water partition coefficient (Wildman–Crippen LogP) is 3.21. The summed E-state index contributed by atoms with van der Waals surface area (Å²) in [4.78, 5) is 4.95. The number of methoxy groups -OCH3 is 1. The van der Waals surface area contributed by atoms with Gasteiger partial charge in [0, 0.05) is 37.9 Å². The summed E-state index contributed by atoms with van der Waals surface area (Å²) in [5, 5.41) is 13.7. The van der Waals surface area contributed by atoms with E-state index in [0.29, 0.717) is 23.3 Å². The summed E-state index contributed by atoms with van der Waals surface area (Å²) >= 11 is 0. The van der Waals surface area contributed by atoms with Crippen molar-refractivity contribution in [1.29, 1.82) is 5.26 Å². The van der Waals surface area contributed by atoms with Crippen molar-refractivity contribution in [2.24, 2.45) is 13.0 Å². The molecule has 28 heavy (non-hydrogen) atoms. The number of hydrogen-bond donors (Lipinski definition) is 0. The minimum atomic E-state index is 0.417. The minimum Gasteiger partial charge on any atom is -0.495 e. The maximum Gasteiger partial charge on any atom is 0.136 e. The Kier molecular flexibility index (Phi) is 6.71. The molecule has 0 bridgehead atoms. The highest BCUT2D eigenvalue weighted by Gasteiger charge is 2.33. The smallest absolute Gasteiger partial charge is 0.136 e. The molecule has 1 fully saturated rings. The molecule has 6 heteroatoms. The largest absolute Gasteiger partial charge is 0.495 e. The third-order valence-corrected chi connectivity index (χ3v) is 5.72. The van der Waals surface area contributed by atoms with E-state index in [1.807, 2.05) is 36.1 Å². The van der Waals surface area contributed by atoms with E-state index >= 15 is 0 Å². The van der Waals surface area contributed by atoms with Crippen LogP contribution < -0.4 is 4.74 Å². The number of piperidine rings is 1. The molecule has 2 heterocycles. The molecule has 150 valence electrons. The van der Waals surface area contributed by atoms with Gasteiger partial charge in [0.25, 0.3) is 0 Å². The second-order valence-corrected chi connectivity index (χ2v) is 7.77. The summed E-state index contributed by atoms with van der Waals surface area (Å²) in [6.07, 6.45) is 6.65. The Labute approximate surface area is 168 Å². The second kappa shape index (κ2) is 9.22. The fraction of sp³-hybridized carbons (Fsp3) is 0.545. The maximum atomic E-state index is 9.33. The number of ether oxygens (including phenoxy) is 1. The third kappa shape index (κ3) is 4.54. The zero-order valence-corrected chi connectivity index (χ0v) is 17.4. The topological polar surface area (TPSA) is 57.3 Å². The molecule has 0 radical (unpaired) electrons. The molecular weight excluding hydrogens is 350 g/mol. The lowest BCUT2D eigenvalue weighted by Crippen LogP contribution is -2.42. The number of aromatic nitrogens is 2. The number of likely N-dealkylation sites (tertiary alicyclic amines) is 1. The van der Waals surface area contributed by atoms with Gasteiger partial charge in [-0.2, -0.15) is 10.4 Å². The van der Waals surface area contributed by atoms with Crippen LogP contribution in [0.15, 0.2) is 30.6 Å². The van der Waals surface area contributed by atoms with Gasteiger partial charge in [-0.25, -0.2) is 0 Å². The Morgan fingerprint density at radius 1 is 1.39 bits per heavy atom. The predicted molar refractivity (Wildman–Crippen MR) is 110 cm³/mol. The van der Waals surface area contributed by atoms with Gasteiger partial charge in [0.05, 0.1) is 18.9 Å². The van der Waals surface area contributed by atoms with Crippen molar-refractivity contribution in [1.82, 2.24) is 19.6 Å². The highest BCUT2D eigenvalue weighted by Crippen LogP contribution is 2.36. The molecular formula is C22H31N5O. The van der Waals surface area contributed by atoms with E-state index in [9.17, 15) is 5.26 Å². The van der Waals surface area contributed by atoms with Crippen LogP contribution in [0.3, 0.4) is 0 Å². The lowest BCUT2D eigenvalue weighted by molar-refractivity contribution is 0.0749. The van der Waals surface area contributed by atoms with Gasteiger partial charge < -0.3 is 9.64 Å². The van der Waals surface area contributed by atoms with Gasteiger partial charge in [-0.3, -0.25) is 9.58 Å². The van der Waals surface area contributed by atoms with Gasteiger partial charge in [-0.15, -0.1) is 0 Å². The van der Waals surface area contributed by atoms with E-state index in [4.69, 9.17) is 4.74 Å². The summed E-state index contributed by atoms with van der Waals surface area (Å²) in [6.45, 7) is 6.30. The molecule has 1 aliphatic rings. The first kappa shape index (κ1) is 20.4. The first-order valence-corrected chi connectivity index (χ1v) is 10.0. The standard InChI is InChI=1S/C22H31N5O/c1-5-27-10-6-7-18(22(27)20-13-24-26(3)16-20)15-25(2)14-17-8-9-21(28-4)19(11-17)12-23/h8-9,11,13,16,18,22H,5-7,10,14-15H2,1-4H3/t18-,22+/m0/s1. The van der Waals surface area contributed by atoms with Crippen LogP contribution in [0, 0.1) is 17.2 Å². The molecule has 3 rings (SSSR count). The van der Waals surface area contributed by atoms with Crippen molar-refractivity contribution in [2.45, 2.75) is 32.4 Å². The normalized spacial score (nSPS) is 20.3. The number of nitriles is 1. The van der Waals surface area contributed by atoms with E-state index in [2.05, 4.69) is 41.1 Å². The number of benzene rings is 1. The average Bonchev–Trinajstić information content (AvgIpc) is 3.13. The van der Waals surface area contributed by atoms with Crippen molar-refractivity contribution in [2.75, 3.05) is 33.8 Å². The molecule has 0 spiro atoms. The monoisotopic (exact) mass is 381 g/mol. The molecule has 0 N–H and O–H groups in total. The first-order chi connectivity index (χ1) is 13.5. The molecule has 6 nitrogen and oxygen atoms in total. The van der Waals surface area contributed by atoms with Crippen LogP contribution in [0.5, 0.6) is 5.75 Å². The molecule has 1 aliphatic heterocycles. The van der Waals surface area contributed by atoms with Crippen LogP contribution >= 0.6 is 0 Å². The third-order valence-electron chi connectivity index (χ3n) is 5.72. The number of hydrogen-bond acceptors (Lipinski definition) is 5. The lowest BCUT2D eigenvalue weighted by Gasteiger charge is -2.42. The van der Waals surface area contributed by atoms with E-state index in [0.717, 1.165) is 31.7 Å². The molecule has 2 atom stereocenters. The van der Waals surface area contributed by atoms with E-state index in [-0.39, 0.29) is 0 Å². The van der Waals surface area contributed by atoms with E-state index in [1.165, 1.54) is 18.4 Å². The minimum absolute atomic E-state index is 0.417. The highest BCUT2D eigenvalue weighted by atomic mass is 16.5. The van der Waals surface area contributed by atoms with Crippen molar-refractivity contribution in [3.05, 3.63) is 47.3 Å². The van der Waals surface area contributed by atoms with Gasteiger partial charge in [-0.1, -0.05) is 13.0 Å². The quantitative estimate of drug-likeness (QED) is 0.737. The zero-order chi connectivity index (χ0) is 20.1. The van der Waals surface area contributed by atoms with Crippen LogP contribution in [0.2, 0.25) is 0 Å². The van der Waals surface area contributed by atoms with Crippen molar-refractivity contribution in [3.8, 4) is 11.8 Å². The van der Waals surface area contributed by atoms with Gasteiger partial charge >= 0.3 is 0 Å². The fourth-order valence-corrected chi connectivity index (χ4v) is 4.49. The van der Waals surface area contributed by atoms with Crippen LogP contribution in [-0.2, 0) is 13.6 Å². The maximum absolute atomic E-state index is 9.33.